The van der Waals surface area contributed by atoms with Gasteiger partial charge in [-0.2, -0.15) is 0 Å². The Labute approximate surface area is 143 Å². The van der Waals surface area contributed by atoms with E-state index in [1.807, 2.05) is 54.7 Å². The molecule has 0 bridgehead atoms. The zero-order chi connectivity index (χ0) is 16.1. The van der Waals surface area contributed by atoms with Gasteiger partial charge in [-0.15, -0.1) is 0 Å². The smallest absolute Gasteiger partial charge is 0.224 e. The minimum atomic E-state index is -0.00686. The second kappa shape index (κ2) is 7.33. The molecule has 0 aliphatic rings. The van der Waals surface area contributed by atoms with Crippen molar-refractivity contribution in [2.45, 2.75) is 6.42 Å². The minimum absolute atomic E-state index is 0.00686. The molecule has 0 radical (unpaired) electrons. The molecule has 0 aliphatic heterocycles. The lowest BCUT2D eigenvalue weighted by Crippen LogP contribution is -2.29. The largest absolute Gasteiger partial charge is 0.492 e. The van der Waals surface area contributed by atoms with Gasteiger partial charge in [0.2, 0.25) is 5.91 Å². The molecule has 2 N–H and O–H groups in total. The highest BCUT2D eigenvalue weighted by Gasteiger charge is 2.08. The van der Waals surface area contributed by atoms with E-state index in [9.17, 15) is 4.79 Å². The average Bonchev–Trinajstić information content (AvgIpc) is 2.95. The number of ether oxygens (including phenoxy) is 1. The molecule has 1 amide bonds. The third-order valence-corrected chi connectivity index (χ3v) is 4.01. The van der Waals surface area contributed by atoms with Crippen LogP contribution >= 0.6 is 15.9 Å². The number of rotatable bonds is 6. The molecule has 1 aromatic heterocycles. The zero-order valence-corrected chi connectivity index (χ0v) is 14.1. The standard InChI is InChI=1S/C18H17BrN2O2/c19-14-4-3-5-15(11-14)23-9-8-20-18(22)10-13-12-21-17-7-2-1-6-16(13)17/h1-7,11-12,21H,8-10H2,(H,20,22). The summed E-state index contributed by atoms with van der Waals surface area (Å²) in [5.74, 6) is 0.776. The lowest BCUT2D eigenvalue weighted by atomic mass is 10.1. The molecule has 0 unspecified atom stereocenters. The van der Waals surface area contributed by atoms with Gasteiger partial charge in [-0.05, 0) is 29.8 Å². The summed E-state index contributed by atoms with van der Waals surface area (Å²) < 4.78 is 6.56. The molecule has 5 heteroatoms. The van der Waals surface area contributed by atoms with Crippen LogP contribution in [0.5, 0.6) is 5.75 Å². The first-order valence-corrected chi connectivity index (χ1v) is 8.22. The molecule has 0 saturated heterocycles. The Morgan fingerprint density at radius 3 is 2.91 bits per heavy atom. The number of carbonyl (C=O) groups excluding carboxylic acids is 1. The quantitative estimate of drug-likeness (QED) is 0.648. The van der Waals surface area contributed by atoms with Crippen molar-refractivity contribution >= 4 is 32.7 Å². The maximum atomic E-state index is 12.0. The number of carbonyl (C=O) groups is 1. The summed E-state index contributed by atoms with van der Waals surface area (Å²) in [6.07, 6.45) is 2.25. The molecule has 118 valence electrons. The first-order valence-electron chi connectivity index (χ1n) is 7.42. The van der Waals surface area contributed by atoms with Crippen LogP contribution in [-0.4, -0.2) is 24.0 Å². The fourth-order valence-electron chi connectivity index (χ4n) is 2.43. The lowest BCUT2D eigenvalue weighted by Gasteiger charge is -2.08. The molecule has 2 aromatic carbocycles. The Bertz CT molecular complexity index is 813. The molecule has 23 heavy (non-hydrogen) atoms. The second-order valence-electron chi connectivity index (χ2n) is 5.19. The second-order valence-corrected chi connectivity index (χ2v) is 6.11. The van der Waals surface area contributed by atoms with E-state index in [0.717, 1.165) is 26.7 Å². The van der Waals surface area contributed by atoms with Gasteiger partial charge in [0.05, 0.1) is 13.0 Å². The van der Waals surface area contributed by atoms with Crippen LogP contribution in [0.2, 0.25) is 0 Å². The average molecular weight is 373 g/mol. The van der Waals surface area contributed by atoms with Gasteiger partial charge < -0.3 is 15.0 Å². The van der Waals surface area contributed by atoms with E-state index in [4.69, 9.17) is 4.74 Å². The Morgan fingerprint density at radius 2 is 2.04 bits per heavy atom. The number of aromatic amines is 1. The highest BCUT2D eigenvalue weighted by Crippen LogP contribution is 2.18. The van der Waals surface area contributed by atoms with E-state index in [-0.39, 0.29) is 5.91 Å². The molecule has 3 aromatic rings. The monoisotopic (exact) mass is 372 g/mol. The van der Waals surface area contributed by atoms with Crippen LogP contribution in [0, 0.1) is 0 Å². The van der Waals surface area contributed by atoms with Gasteiger partial charge in [-0.25, -0.2) is 0 Å². The molecule has 0 fully saturated rings. The number of nitrogens with one attached hydrogen (secondary N) is 2. The van der Waals surface area contributed by atoms with E-state index in [1.54, 1.807) is 0 Å². The summed E-state index contributed by atoms with van der Waals surface area (Å²) in [4.78, 5) is 15.2. The van der Waals surface area contributed by atoms with Crippen LogP contribution in [0.1, 0.15) is 5.56 Å². The van der Waals surface area contributed by atoms with Crippen molar-refractivity contribution in [1.29, 1.82) is 0 Å². The van der Waals surface area contributed by atoms with E-state index in [0.29, 0.717) is 19.6 Å². The fraction of sp³-hybridized carbons (Fsp3) is 0.167. The van der Waals surface area contributed by atoms with Crippen LogP contribution in [0.3, 0.4) is 0 Å². The van der Waals surface area contributed by atoms with Crippen LogP contribution in [0.4, 0.5) is 0 Å². The molecule has 0 spiro atoms. The van der Waals surface area contributed by atoms with Gasteiger partial charge in [0.15, 0.2) is 0 Å². The number of amides is 1. The zero-order valence-electron chi connectivity index (χ0n) is 12.5. The molecular weight excluding hydrogens is 356 g/mol. The number of aromatic nitrogens is 1. The number of para-hydroxylation sites is 1. The summed E-state index contributed by atoms with van der Waals surface area (Å²) in [7, 11) is 0. The topological polar surface area (TPSA) is 54.1 Å². The highest BCUT2D eigenvalue weighted by atomic mass is 79.9. The summed E-state index contributed by atoms with van der Waals surface area (Å²) >= 11 is 3.39. The van der Waals surface area contributed by atoms with Crippen molar-refractivity contribution in [2.24, 2.45) is 0 Å². The van der Waals surface area contributed by atoms with Gasteiger partial charge in [0.1, 0.15) is 12.4 Å². The molecular formula is C18H17BrN2O2. The number of benzene rings is 2. The number of hydrogen-bond donors (Lipinski definition) is 2. The van der Waals surface area contributed by atoms with Gasteiger partial charge in [-0.1, -0.05) is 40.2 Å². The normalized spacial score (nSPS) is 10.7. The summed E-state index contributed by atoms with van der Waals surface area (Å²) in [6, 6.07) is 15.6. The summed E-state index contributed by atoms with van der Waals surface area (Å²) in [5, 5.41) is 3.97. The lowest BCUT2D eigenvalue weighted by molar-refractivity contribution is -0.120. The molecule has 0 saturated carbocycles. The Balaban J connectivity index is 1.46. The van der Waals surface area contributed by atoms with Crippen molar-refractivity contribution in [3.05, 3.63) is 64.8 Å². The van der Waals surface area contributed by atoms with Crippen molar-refractivity contribution < 1.29 is 9.53 Å². The van der Waals surface area contributed by atoms with E-state index in [1.165, 1.54) is 0 Å². The minimum Gasteiger partial charge on any atom is -0.492 e. The fourth-order valence-corrected chi connectivity index (χ4v) is 2.81. The molecule has 0 atom stereocenters. The predicted octanol–water partition coefficient (Wildman–Crippen LogP) is 3.67. The van der Waals surface area contributed by atoms with Crippen molar-refractivity contribution in [1.82, 2.24) is 10.3 Å². The summed E-state index contributed by atoms with van der Waals surface area (Å²) in [6.45, 7) is 0.920. The van der Waals surface area contributed by atoms with Crippen molar-refractivity contribution in [3.63, 3.8) is 0 Å². The van der Waals surface area contributed by atoms with Gasteiger partial charge >= 0.3 is 0 Å². The predicted molar refractivity (Wildman–Crippen MR) is 94.6 cm³/mol. The van der Waals surface area contributed by atoms with Crippen LogP contribution in [-0.2, 0) is 11.2 Å². The van der Waals surface area contributed by atoms with E-state index < -0.39 is 0 Å². The summed E-state index contributed by atoms with van der Waals surface area (Å²) in [5.41, 5.74) is 2.05. The third kappa shape index (κ3) is 4.13. The Kier molecular flexibility index (Phi) is 4.98. The molecule has 0 aliphatic carbocycles. The van der Waals surface area contributed by atoms with Crippen LogP contribution in [0.25, 0.3) is 10.9 Å². The number of halogens is 1. The number of H-pyrrole nitrogens is 1. The van der Waals surface area contributed by atoms with E-state index in [2.05, 4.69) is 26.2 Å². The Hall–Kier alpha value is -2.27. The maximum absolute atomic E-state index is 12.0. The van der Waals surface area contributed by atoms with Crippen LogP contribution in [0.15, 0.2) is 59.2 Å². The SMILES string of the molecule is O=C(Cc1c[nH]c2ccccc12)NCCOc1cccc(Br)c1. The van der Waals surface area contributed by atoms with Crippen molar-refractivity contribution in [3.8, 4) is 5.75 Å². The van der Waals surface area contributed by atoms with Gasteiger partial charge in [0, 0.05) is 21.6 Å². The van der Waals surface area contributed by atoms with E-state index >= 15 is 0 Å². The third-order valence-electron chi connectivity index (χ3n) is 3.51. The molecule has 1 heterocycles. The molecule has 3 rings (SSSR count). The first-order chi connectivity index (χ1) is 11.2. The van der Waals surface area contributed by atoms with Crippen molar-refractivity contribution in [2.75, 3.05) is 13.2 Å². The first kappa shape index (κ1) is 15.6. The number of hydrogen-bond acceptors (Lipinski definition) is 2. The number of fused-ring (bicyclic) bond motifs is 1. The maximum Gasteiger partial charge on any atom is 0.224 e. The van der Waals surface area contributed by atoms with Crippen LogP contribution < -0.4 is 10.1 Å². The Morgan fingerprint density at radius 1 is 1.17 bits per heavy atom. The highest BCUT2D eigenvalue weighted by molar-refractivity contribution is 9.10. The molecule has 4 nitrogen and oxygen atoms in total. The van der Waals surface area contributed by atoms with Gasteiger partial charge in [-0.3, -0.25) is 4.79 Å². The van der Waals surface area contributed by atoms with Gasteiger partial charge in [0.25, 0.3) is 0 Å².